The Bertz CT molecular complexity index is 901. The van der Waals surface area contributed by atoms with Gasteiger partial charge in [-0.15, -0.1) is 24.0 Å². The summed E-state index contributed by atoms with van der Waals surface area (Å²) in [4.78, 5) is 4.64. The van der Waals surface area contributed by atoms with Gasteiger partial charge in [-0.2, -0.15) is 5.10 Å². The molecule has 0 fully saturated rings. The fraction of sp³-hybridized carbons (Fsp3) is 0.333. The van der Waals surface area contributed by atoms with E-state index in [-0.39, 0.29) is 36.4 Å². The lowest BCUT2D eigenvalue weighted by Crippen LogP contribution is -2.40. The Morgan fingerprint density at radius 1 is 1.06 bits per heavy atom. The van der Waals surface area contributed by atoms with Crippen molar-refractivity contribution in [1.29, 1.82) is 0 Å². The summed E-state index contributed by atoms with van der Waals surface area (Å²) in [6, 6.07) is 20.9. The van der Waals surface area contributed by atoms with E-state index >= 15 is 0 Å². The third-order valence-electron chi connectivity index (χ3n) is 5.09. The predicted molar refractivity (Wildman–Crippen MR) is 137 cm³/mol. The number of rotatable bonds is 8. The average molecular weight is 533 g/mol. The maximum atomic E-state index is 10.8. The summed E-state index contributed by atoms with van der Waals surface area (Å²) in [5.74, 6) is 0.869. The van der Waals surface area contributed by atoms with E-state index in [4.69, 9.17) is 0 Å². The largest absolute Gasteiger partial charge is 0.383 e. The van der Waals surface area contributed by atoms with Crippen molar-refractivity contribution in [2.75, 3.05) is 19.6 Å². The number of aliphatic imine (C=N–C) groups is 1. The molecule has 0 saturated carbocycles. The summed E-state index contributed by atoms with van der Waals surface area (Å²) in [7, 11) is 1.84. The Labute approximate surface area is 201 Å². The van der Waals surface area contributed by atoms with Crippen LogP contribution >= 0.6 is 24.0 Å². The molecule has 7 heteroatoms. The first kappa shape index (κ1) is 24.9. The van der Waals surface area contributed by atoms with Gasteiger partial charge in [0.05, 0.1) is 12.7 Å². The molecule has 0 spiro atoms. The smallest absolute Gasteiger partial charge is 0.191 e. The number of guanidine groups is 1. The number of nitrogens with one attached hydrogen (secondary N) is 2. The van der Waals surface area contributed by atoms with Gasteiger partial charge in [0.1, 0.15) is 5.60 Å². The third-order valence-corrected chi connectivity index (χ3v) is 5.09. The van der Waals surface area contributed by atoms with Crippen molar-refractivity contribution in [1.82, 2.24) is 20.4 Å². The van der Waals surface area contributed by atoms with Crippen LogP contribution in [0.25, 0.3) is 0 Å². The second-order valence-corrected chi connectivity index (χ2v) is 7.63. The van der Waals surface area contributed by atoms with E-state index in [1.165, 1.54) is 11.1 Å². The van der Waals surface area contributed by atoms with Gasteiger partial charge in [-0.1, -0.05) is 60.7 Å². The van der Waals surface area contributed by atoms with Crippen molar-refractivity contribution in [3.63, 3.8) is 0 Å². The molecule has 0 amide bonds. The van der Waals surface area contributed by atoms with Crippen LogP contribution in [-0.2, 0) is 12.6 Å². The first-order valence-corrected chi connectivity index (χ1v) is 10.3. The van der Waals surface area contributed by atoms with Crippen molar-refractivity contribution >= 4 is 29.9 Å². The topological polar surface area (TPSA) is 74.5 Å². The van der Waals surface area contributed by atoms with Crippen LogP contribution in [0.15, 0.2) is 78.0 Å². The lowest BCUT2D eigenvalue weighted by atomic mass is 9.91. The summed E-state index contributed by atoms with van der Waals surface area (Å²) in [5, 5.41) is 21.7. The maximum Gasteiger partial charge on any atom is 0.191 e. The van der Waals surface area contributed by atoms with Gasteiger partial charge in [0, 0.05) is 37.8 Å². The van der Waals surface area contributed by atoms with E-state index in [1.807, 2.05) is 32.3 Å². The highest BCUT2D eigenvalue weighted by Crippen LogP contribution is 2.24. The number of aliphatic hydroxyl groups is 1. The SMILES string of the molecule is CCNC(=NCC(C)(O)c1cnn(C)c1)NCC(c1ccccc1)c1ccccc1.I. The van der Waals surface area contributed by atoms with E-state index in [1.54, 1.807) is 17.8 Å². The second-order valence-electron chi connectivity index (χ2n) is 7.63. The Hall–Kier alpha value is -2.39. The summed E-state index contributed by atoms with van der Waals surface area (Å²) >= 11 is 0. The summed E-state index contributed by atoms with van der Waals surface area (Å²) in [6.45, 7) is 5.45. The number of nitrogens with zero attached hydrogens (tertiary/aromatic N) is 3. The molecule has 1 heterocycles. The molecule has 0 saturated heterocycles. The first-order valence-electron chi connectivity index (χ1n) is 10.3. The first-order chi connectivity index (χ1) is 14.5. The van der Waals surface area contributed by atoms with Crippen LogP contribution in [0, 0.1) is 0 Å². The minimum absolute atomic E-state index is 0. The molecule has 0 radical (unpaired) electrons. The number of hydrogen-bond donors (Lipinski definition) is 3. The van der Waals surface area contributed by atoms with Gasteiger partial charge >= 0.3 is 0 Å². The molecule has 2 aromatic carbocycles. The molecule has 0 aliphatic rings. The zero-order valence-electron chi connectivity index (χ0n) is 18.3. The molecule has 3 aromatic rings. The molecule has 31 heavy (non-hydrogen) atoms. The number of aromatic nitrogens is 2. The van der Waals surface area contributed by atoms with Crippen LogP contribution in [0.2, 0.25) is 0 Å². The molecule has 6 nitrogen and oxygen atoms in total. The number of hydrogen-bond acceptors (Lipinski definition) is 3. The predicted octanol–water partition coefficient (Wildman–Crippen LogP) is 3.63. The molecular formula is C24H32IN5O. The molecule has 1 unspecified atom stereocenters. The Morgan fingerprint density at radius 2 is 1.65 bits per heavy atom. The summed E-state index contributed by atoms with van der Waals surface area (Å²) in [5.41, 5.74) is 2.15. The van der Waals surface area contributed by atoms with Crippen molar-refractivity contribution in [3.05, 3.63) is 89.7 Å². The highest BCUT2D eigenvalue weighted by Gasteiger charge is 2.24. The molecular weight excluding hydrogens is 501 g/mol. The average Bonchev–Trinajstić information content (AvgIpc) is 3.21. The van der Waals surface area contributed by atoms with Gasteiger partial charge in [0.2, 0.25) is 0 Å². The number of benzene rings is 2. The molecule has 0 aliphatic carbocycles. The number of halogens is 1. The highest BCUT2D eigenvalue weighted by atomic mass is 127. The molecule has 3 N–H and O–H groups in total. The standard InChI is InChI=1S/C24H31N5O.HI/c1-4-25-23(27-18-24(2,30)21-15-28-29(3)17-21)26-16-22(19-11-7-5-8-12-19)20-13-9-6-10-14-20;/h5-15,17,22,30H,4,16,18H2,1-3H3,(H2,25,26,27);1H. The number of aryl methyl sites for hydroxylation is 1. The van der Waals surface area contributed by atoms with E-state index in [0.29, 0.717) is 12.5 Å². The van der Waals surface area contributed by atoms with Crippen molar-refractivity contribution in [2.24, 2.45) is 12.0 Å². The molecule has 1 atom stereocenters. The third kappa shape index (κ3) is 7.07. The van der Waals surface area contributed by atoms with Crippen LogP contribution in [0.3, 0.4) is 0 Å². The Morgan fingerprint density at radius 3 is 2.13 bits per heavy atom. The molecule has 1 aromatic heterocycles. The van der Waals surface area contributed by atoms with Crippen LogP contribution < -0.4 is 10.6 Å². The molecule has 0 bridgehead atoms. The Kier molecular flexibility index (Phi) is 9.51. The Balaban J connectivity index is 0.00000341. The van der Waals surface area contributed by atoms with Crippen LogP contribution in [0.1, 0.15) is 36.5 Å². The van der Waals surface area contributed by atoms with Gasteiger partial charge < -0.3 is 15.7 Å². The quantitative estimate of drug-likeness (QED) is 0.235. The van der Waals surface area contributed by atoms with Crippen molar-refractivity contribution in [2.45, 2.75) is 25.4 Å². The zero-order valence-corrected chi connectivity index (χ0v) is 20.7. The van der Waals surface area contributed by atoms with Gasteiger partial charge in [0.15, 0.2) is 5.96 Å². The minimum Gasteiger partial charge on any atom is -0.383 e. The monoisotopic (exact) mass is 533 g/mol. The molecule has 0 aliphatic heterocycles. The molecule has 3 rings (SSSR count). The van der Waals surface area contributed by atoms with Gasteiger partial charge in [-0.05, 0) is 25.0 Å². The maximum absolute atomic E-state index is 10.8. The fourth-order valence-corrected chi connectivity index (χ4v) is 3.36. The van der Waals surface area contributed by atoms with Gasteiger partial charge in [0.25, 0.3) is 0 Å². The van der Waals surface area contributed by atoms with Crippen molar-refractivity contribution < 1.29 is 5.11 Å². The minimum atomic E-state index is -1.09. The van der Waals surface area contributed by atoms with Crippen LogP contribution in [-0.4, -0.2) is 40.5 Å². The molecule has 166 valence electrons. The fourth-order valence-electron chi connectivity index (χ4n) is 3.36. The zero-order chi connectivity index (χ0) is 21.4. The van der Waals surface area contributed by atoms with E-state index < -0.39 is 5.60 Å². The van der Waals surface area contributed by atoms with E-state index in [2.05, 4.69) is 69.3 Å². The second kappa shape index (κ2) is 11.9. The van der Waals surface area contributed by atoms with Gasteiger partial charge in [-0.3, -0.25) is 4.68 Å². The lowest BCUT2D eigenvalue weighted by Gasteiger charge is -2.23. The van der Waals surface area contributed by atoms with Crippen molar-refractivity contribution in [3.8, 4) is 0 Å². The van der Waals surface area contributed by atoms with E-state index in [9.17, 15) is 5.11 Å². The van der Waals surface area contributed by atoms with Crippen LogP contribution in [0.5, 0.6) is 0 Å². The highest BCUT2D eigenvalue weighted by molar-refractivity contribution is 14.0. The van der Waals surface area contributed by atoms with Gasteiger partial charge in [-0.25, -0.2) is 4.99 Å². The van der Waals surface area contributed by atoms with Crippen LogP contribution in [0.4, 0.5) is 0 Å². The lowest BCUT2D eigenvalue weighted by molar-refractivity contribution is 0.0672. The summed E-state index contributed by atoms with van der Waals surface area (Å²) < 4.78 is 1.68. The normalized spacial score (nSPS) is 13.4. The summed E-state index contributed by atoms with van der Waals surface area (Å²) in [6.07, 6.45) is 3.49. The van der Waals surface area contributed by atoms with E-state index in [0.717, 1.165) is 12.1 Å².